The highest BCUT2D eigenvalue weighted by Gasteiger charge is 2.15. The summed E-state index contributed by atoms with van der Waals surface area (Å²) in [5, 5.41) is 11.8. The molecule has 0 unspecified atom stereocenters. The molecule has 0 fully saturated rings. The minimum Gasteiger partial charge on any atom is -0.324 e. The molecular formula is C20H18N6O2. The van der Waals surface area contributed by atoms with Crippen LogP contribution in [0, 0.1) is 13.8 Å². The van der Waals surface area contributed by atoms with Crippen LogP contribution in [-0.2, 0) is 0 Å². The topological polar surface area (TPSA) is 104 Å². The van der Waals surface area contributed by atoms with E-state index in [0.717, 1.165) is 34.0 Å². The van der Waals surface area contributed by atoms with Crippen molar-refractivity contribution in [2.75, 3.05) is 5.32 Å². The number of aromatic nitrogens is 4. The number of carbonyl (C=O) groups excluding carboxylic acids is 1. The first-order valence-electron chi connectivity index (χ1n) is 8.66. The van der Waals surface area contributed by atoms with E-state index in [2.05, 4.69) is 15.3 Å². The van der Waals surface area contributed by atoms with Gasteiger partial charge in [0, 0.05) is 23.6 Å². The molecule has 0 aliphatic heterocycles. The molecule has 0 spiro atoms. The molecule has 140 valence electrons. The lowest BCUT2D eigenvalue weighted by atomic mass is 10.1. The number of aryl methyl sites for hydroxylation is 2. The Hall–Kier alpha value is -3.78. The van der Waals surface area contributed by atoms with Crippen molar-refractivity contribution in [1.29, 1.82) is 0 Å². The van der Waals surface area contributed by atoms with Gasteiger partial charge in [-0.15, -0.1) is 0 Å². The monoisotopic (exact) mass is 374 g/mol. The van der Waals surface area contributed by atoms with Crippen molar-refractivity contribution in [3.8, 4) is 11.4 Å². The van der Waals surface area contributed by atoms with E-state index in [0.29, 0.717) is 11.5 Å². The molecule has 4 rings (SSSR count). The fourth-order valence-corrected chi connectivity index (χ4v) is 3.04. The Balaban J connectivity index is 1.69. The van der Waals surface area contributed by atoms with E-state index < -0.39 is 5.91 Å². The number of pyridine rings is 1. The van der Waals surface area contributed by atoms with Crippen LogP contribution in [0.1, 0.15) is 21.6 Å². The number of imidazole rings is 1. The zero-order valence-electron chi connectivity index (χ0n) is 15.3. The number of nitrogens with one attached hydrogen (secondary N) is 2. The molecule has 1 aromatic carbocycles. The highest BCUT2D eigenvalue weighted by Crippen LogP contribution is 2.27. The molecule has 3 aromatic heterocycles. The third kappa shape index (κ3) is 3.17. The van der Waals surface area contributed by atoms with Gasteiger partial charge in [0.2, 0.25) is 5.95 Å². The fourth-order valence-electron chi connectivity index (χ4n) is 3.04. The zero-order chi connectivity index (χ0) is 19.7. The van der Waals surface area contributed by atoms with Crippen LogP contribution in [-0.4, -0.2) is 30.5 Å². The van der Waals surface area contributed by atoms with Crippen LogP contribution >= 0.6 is 0 Å². The third-order valence-corrected chi connectivity index (χ3v) is 4.41. The summed E-state index contributed by atoms with van der Waals surface area (Å²) in [5.41, 5.74) is 7.08. The summed E-state index contributed by atoms with van der Waals surface area (Å²) < 4.78 is 2.01. The smallest absolute Gasteiger partial charge is 0.274 e. The number of benzene rings is 1. The van der Waals surface area contributed by atoms with Crippen molar-refractivity contribution in [2.24, 2.45) is 0 Å². The number of hydroxylamine groups is 1. The number of anilines is 2. The van der Waals surface area contributed by atoms with Crippen LogP contribution in [0.4, 0.5) is 11.6 Å². The number of hydrogen-bond acceptors (Lipinski definition) is 6. The largest absolute Gasteiger partial charge is 0.324 e. The Kier molecular flexibility index (Phi) is 4.46. The van der Waals surface area contributed by atoms with E-state index in [4.69, 9.17) is 10.2 Å². The molecule has 1 amide bonds. The average Bonchev–Trinajstić information content (AvgIpc) is 3.05. The predicted octanol–water partition coefficient (Wildman–Crippen LogP) is 3.27. The Morgan fingerprint density at radius 3 is 2.61 bits per heavy atom. The van der Waals surface area contributed by atoms with Gasteiger partial charge in [0.05, 0.1) is 17.1 Å². The standard InChI is InChI=1S/C20H18N6O2/c1-12-11-21-20(23-15-8-6-14(7-9-15)19(27)25-28)24-17(12)18-13(2)22-16-5-3-4-10-26(16)18/h3-11,28H,1-2H3,(H,25,27)(H,21,23,24). The summed E-state index contributed by atoms with van der Waals surface area (Å²) in [6.07, 6.45) is 3.73. The van der Waals surface area contributed by atoms with Gasteiger partial charge in [-0.3, -0.25) is 14.4 Å². The lowest BCUT2D eigenvalue weighted by Crippen LogP contribution is -2.18. The normalized spacial score (nSPS) is 10.8. The van der Waals surface area contributed by atoms with Crippen molar-refractivity contribution < 1.29 is 10.0 Å². The summed E-state index contributed by atoms with van der Waals surface area (Å²) in [5.74, 6) is -0.131. The molecule has 28 heavy (non-hydrogen) atoms. The van der Waals surface area contributed by atoms with Crippen LogP contribution in [0.5, 0.6) is 0 Å². The van der Waals surface area contributed by atoms with Crippen molar-refractivity contribution in [3.05, 3.63) is 71.7 Å². The van der Waals surface area contributed by atoms with Gasteiger partial charge < -0.3 is 5.32 Å². The second kappa shape index (κ2) is 7.09. The first kappa shape index (κ1) is 17.6. The second-order valence-electron chi connectivity index (χ2n) is 6.34. The summed E-state index contributed by atoms with van der Waals surface area (Å²) in [6.45, 7) is 3.92. The van der Waals surface area contributed by atoms with Gasteiger partial charge in [0.15, 0.2) is 0 Å². The summed E-state index contributed by atoms with van der Waals surface area (Å²) in [4.78, 5) is 25.1. The van der Waals surface area contributed by atoms with Crippen molar-refractivity contribution in [3.63, 3.8) is 0 Å². The lowest BCUT2D eigenvalue weighted by molar-refractivity contribution is 0.0706. The van der Waals surface area contributed by atoms with Crippen LogP contribution in [0.25, 0.3) is 17.0 Å². The molecule has 8 nitrogen and oxygen atoms in total. The number of nitrogens with zero attached hydrogens (tertiary/aromatic N) is 4. The minimum atomic E-state index is -0.566. The van der Waals surface area contributed by atoms with Crippen LogP contribution in [0.3, 0.4) is 0 Å². The van der Waals surface area contributed by atoms with E-state index in [1.54, 1.807) is 35.9 Å². The third-order valence-electron chi connectivity index (χ3n) is 4.41. The highest BCUT2D eigenvalue weighted by atomic mass is 16.5. The van der Waals surface area contributed by atoms with E-state index >= 15 is 0 Å². The summed E-state index contributed by atoms with van der Waals surface area (Å²) >= 11 is 0. The SMILES string of the molecule is Cc1cnc(Nc2ccc(C(=O)NO)cc2)nc1-c1c(C)nc2ccccn12. The fraction of sp³-hybridized carbons (Fsp3) is 0.100. The van der Waals surface area contributed by atoms with Crippen LogP contribution in [0.15, 0.2) is 54.9 Å². The first-order valence-corrected chi connectivity index (χ1v) is 8.66. The Morgan fingerprint density at radius 1 is 1.07 bits per heavy atom. The summed E-state index contributed by atoms with van der Waals surface area (Å²) in [7, 11) is 0. The lowest BCUT2D eigenvalue weighted by Gasteiger charge is -2.10. The second-order valence-corrected chi connectivity index (χ2v) is 6.34. The molecular weight excluding hydrogens is 356 g/mol. The van der Waals surface area contributed by atoms with Gasteiger partial charge in [0.25, 0.3) is 5.91 Å². The van der Waals surface area contributed by atoms with Gasteiger partial charge in [0.1, 0.15) is 5.65 Å². The maximum atomic E-state index is 11.4. The van der Waals surface area contributed by atoms with Crippen molar-refractivity contribution >= 4 is 23.2 Å². The Morgan fingerprint density at radius 2 is 1.86 bits per heavy atom. The molecule has 0 radical (unpaired) electrons. The summed E-state index contributed by atoms with van der Waals surface area (Å²) in [6, 6.07) is 12.5. The quantitative estimate of drug-likeness (QED) is 0.374. The molecule has 8 heteroatoms. The molecule has 0 saturated heterocycles. The first-order chi connectivity index (χ1) is 13.6. The molecule has 4 aromatic rings. The van der Waals surface area contributed by atoms with Gasteiger partial charge >= 0.3 is 0 Å². The van der Waals surface area contributed by atoms with Crippen LogP contribution < -0.4 is 10.8 Å². The Bertz CT molecular complexity index is 1170. The molecule has 3 heterocycles. The highest BCUT2D eigenvalue weighted by molar-refractivity contribution is 5.93. The van der Waals surface area contributed by atoms with E-state index in [1.807, 2.05) is 42.6 Å². The van der Waals surface area contributed by atoms with Crippen molar-refractivity contribution in [1.82, 2.24) is 24.8 Å². The number of rotatable bonds is 4. The van der Waals surface area contributed by atoms with Gasteiger partial charge in [-0.2, -0.15) is 0 Å². The van der Waals surface area contributed by atoms with E-state index in [9.17, 15) is 4.79 Å². The molecule has 0 aliphatic rings. The minimum absolute atomic E-state index is 0.347. The predicted molar refractivity (Wildman–Crippen MR) is 105 cm³/mol. The molecule has 0 atom stereocenters. The zero-order valence-corrected chi connectivity index (χ0v) is 15.3. The molecule has 0 saturated carbocycles. The molecule has 0 bridgehead atoms. The molecule has 0 aliphatic carbocycles. The van der Waals surface area contributed by atoms with Gasteiger partial charge in [-0.25, -0.2) is 20.4 Å². The maximum absolute atomic E-state index is 11.4. The number of carbonyl (C=O) groups is 1. The van der Waals surface area contributed by atoms with Crippen molar-refractivity contribution in [2.45, 2.75) is 13.8 Å². The number of amides is 1. The van der Waals surface area contributed by atoms with Crippen LogP contribution in [0.2, 0.25) is 0 Å². The van der Waals surface area contributed by atoms with Gasteiger partial charge in [-0.1, -0.05) is 6.07 Å². The maximum Gasteiger partial charge on any atom is 0.274 e. The Labute approximate surface area is 160 Å². The van der Waals surface area contributed by atoms with E-state index in [-0.39, 0.29) is 0 Å². The van der Waals surface area contributed by atoms with E-state index in [1.165, 1.54) is 0 Å². The average molecular weight is 374 g/mol. The number of hydrogen-bond donors (Lipinski definition) is 3. The molecule has 3 N–H and O–H groups in total. The van der Waals surface area contributed by atoms with Gasteiger partial charge in [-0.05, 0) is 55.8 Å². The number of fused-ring (bicyclic) bond motifs is 1.